The molecule has 0 radical (unpaired) electrons. The van der Waals surface area contributed by atoms with E-state index in [-0.39, 0.29) is 0 Å². The van der Waals surface area contributed by atoms with Crippen LogP contribution in [0.2, 0.25) is 0 Å². The van der Waals surface area contributed by atoms with Gasteiger partial charge in [-0.3, -0.25) is 4.98 Å². The smallest absolute Gasteiger partial charge is 0.0761 e. The second-order valence-corrected chi connectivity index (χ2v) is 7.88. The number of nitrogens with one attached hydrogen (secondary N) is 2. The van der Waals surface area contributed by atoms with Crippen molar-refractivity contribution in [3.8, 4) is 22.4 Å². The number of pyridine rings is 2. The number of aromatic nitrogens is 2. The van der Waals surface area contributed by atoms with Crippen LogP contribution in [-0.2, 0) is 6.42 Å². The highest BCUT2D eigenvalue weighted by molar-refractivity contribution is 5.93. The Hall–Kier alpha value is -3.92. The zero-order chi connectivity index (χ0) is 24.3. The Balaban J connectivity index is 0.00000158. The van der Waals surface area contributed by atoms with Gasteiger partial charge in [-0.15, -0.1) is 0 Å². The summed E-state index contributed by atoms with van der Waals surface area (Å²) in [6.45, 7) is 14.6. The molecule has 2 aromatic carbocycles. The maximum Gasteiger partial charge on any atom is 0.0761 e. The summed E-state index contributed by atoms with van der Waals surface area (Å²) in [5.41, 5.74) is 8.62. The number of aryl methyl sites for hydroxylation is 1. The molecule has 0 fully saturated rings. The van der Waals surface area contributed by atoms with E-state index >= 15 is 0 Å². The third-order valence-corrected chi connectivity index (χ3v) is 5.40. The van der Waals surface area contributed by atoms with Crippen molar-refractivity contribution in [2.75, 3.05) is 11.9 Å². The van der Waals surface area contributed by atoms with Crippen LogP contribution in [0.4, 0.5) is 5.69 Å². The molecule has 4 aromatic rings. The van der Waals surface area contributed by atoms with E-state index in [9.17, 15) is 0 Å². The number of benzene rings is 2. The lowest BCUT2D eigenvalue weighted by molar-refractivity contribution is 0.726. The summed E-state index contributed by atoms with van der Waals surface area (Å²) >= 11 is 0. The van der Waals surface area contributed by atoms with Crippen LogP contribution in [0.1, 0.15) is 32.8 Å². The van der Waals surface area contributed by atoms with Crippen LogP contribution in [-0.4, -0.2) is 16.5 Å². The first-order chi connectivity index (χ1) is 16.6. The molecule has 4 rings (SSSR count). The van der Waals surface area contributed by atoms with Gasteiger partial charge in [0.05, 0.1) is 16.9 Å². The molecule has 0 aliphatic heterocycles. The Morgan fingerprint density at radius 3 is 2.24 bits per heavy atom. The Morgan fingerprint density at radius 1 is 0.941 bits per heavy atom. The molecule has 174 valence electrons. The average Bonchev–Trinajstić information content (AvgIpc) is 2.88. The number of fused-ring (bicyclic) bond motifs is 1. The second-order valence-electron chi connectivity index (χ2n) is 7.88. The van der Waals surface area contributed by atoms with E-state index in [4.69, 9.17) is 4.98 Å². The van der Waals surface area contributed by atoms with Gasteiger partial charge in [0, 0.05) is 35.6 Å². The number of hydrogen-bond donors (Lipinski definition) is 2. The molecule has 0 amide bonds. The van der Waals surface area contributed by atoms with E-state index < -0.39 is 0 Å². The summed E-state index contributed by atoms with van der Waals surface area (Å²) < 4.78 is 0. The van der Waals surface area contributed by atoms with Gasteiger partial charge in [0.1, 0.15) is 0 Å². The molecule has 0 atom stereocenters. The lowest BCUT2D eigenvalue weighted by atomic mass is 10.00. The predicted molar refractivity (Wildman–Crippen MR) is 147 cm³/mol. The fourth-order valence-corrected chi connectivity index (χ4v) is 3.74. The van der Waals surface area contributed by atoms with Crippen molar-refractivity contribution >= 4 is 16.6 Å². The number of anilines is 1. The number of hydrogen-bond acceptors (Lipinski definition) is 4. The molecule has 0 bridgehead atoms. The fraction of sp³-hybridized carbons (Fsp3) is 0.200. The van der Waals surface area contributed by atoms with Gasteiger partial charge in [-0.2, -0.15) is 0 Å². The Labute approximate surface area is 203 Å². The maximum atomic E-state index is 4.82. The molecular weight excluding hydrogens is 416 g/mol. The van der Waals surface area contributed by atoms with Gasteiger partial charge in [0.15, 0.2) is 0 Å². The molecule has 4 nitrogen and oxygen atoms in total. The first kappa shape index (κ1) is 24.7. The summed E-state index contributed by atoms with van der Waals surface area (Å²) in [4.78, 5) is 9.04. The van der Waals surface area contributed by atoms with Crippen LogP contribution in [0.25, 0.3) is 33.3 Å². The molecule has 4 heteroatoms. The predicted octanol–water partition coefficient (Wildman–Crippen LogP) is 7.60. The highest BCUT2D eigenvalue weighted by Gasteiger charge is 2.08. The average molecular weight is 451 g/mol. The van der Waals surface area contributed by atoms with Crippen molar-refractivity contribution in [1.29, 1.82) is 0 Å². The van der Waals surface area contributed by atoms with Crippen LogP contribution in [0.15, 0.2) is 98.1 Å². The van der Waals surface area contributed by atoms with Crippen LogP contribution < -0.4 is 10.6 Å². The molecule has 0 saturated heterocycles. The van der Waals surface area contributed by atoms with Crippen LogP contribution >= 0.6 is 0 Å². The van der Waals surface area contributed by atoms with Crippen molar-refractivity contribution in [3.63, 3.8) is 0 Å². The lowest BCUT2D eigenvalue weighted by Crippen LogP contribution is -2.12. The van der Waals surface area contributed by atoms with Crippen molar-refractivity contribution in [2.45, 2.75) is 33.6 Å². The molecule has 0 spiro atoms. The van der Waals surface area contributed by atoms with Crippen LogP contribution in [0.3, 0.4) is 0 Å². The molecule has 2 N–H and O–H groups in total. The number of rotatable bonds is 9. The van der Waals surface area contributed by atoms with Gasteiger partial charge < -0.3 is 10.6 Å². The highest BCUT2D eigenvalue weighted by atomic mass is 14.9. The third kappa shape index (κ3) is 6.32. The number of allylic oxidation sites excluding steroid dienone is 1. The largest absolute Gasteiger partial charge is 0.389 e. The van der Waals surface area contributed by atoms with Crippen LogP contribution in [0.5, 0.6) is 0 Å². The second kappa shape index (κ2) is 12.4. The fourth-order valence-electron chi connectivity index (χ4n) is 3.74. The first-order valence-electron chi connectivity index (χ1n) is 11.9. The Bertz CT molecular complexity index is 1230. The first-order valence-corrected chi connectivity index (χ1v) is 11.9. The van der Waals surface area contributed by atoms with Gasteiger partial charge in [-0.25, -0.2) is 4.98 Å². The number of nitrogens with zero attached hydrogens (tertiary/aromatic N) is 2. The molecule has 0 aliphatic carbocycles. The Morgan fingerprint density at radius 2 is 1.59 bits per heavy atom. The monoisotopic (exact) mass is 450 g/mol. The van der Waals surface area contributed by atoms with E-state index in [1.807, 2.05) is 39.1 Å². The minimum absolute atomic E-state index is 0.903. The topological polar surface area (TPSA) is 49.8 Å². The molecule has 0 saturated carbocycles. The van der Waals surface area contributed by atoms with E-state index in [2.05, 4.69) is 77.3 Å². The van der Waals surface area contributed by atoms with Gasteiger partial charge in [-0.05, 0) is 54.8 Å². The SMILES string of the molecule is C=CNc1cc(-c2ccc(-c3ccc(CCCNC(=C)C)cc3)cc2)nc2ccncc12.CC. The van der Waals surface area contributed by atoms with Gasteiger partial charge in [-0.1, -0.05) is 75.5 Å². The van der Waals surface area contributed by atoms with Crippen molar-refractivity contribution in [2.24, 2.45) is 0 Å². The quantitative estimate of drug-likeness (QED) is 0.258. The molecule has 0 unspecified atom stereocenters. The van der Waals surface area contributed by atoms with Crippen molar-refractivity contribution in [3.05, 3.63) is 104 Å². The Kier molecular flexibility index (Phi) is 8.98. The van der Waals surface area contributed by atoms with Gasteiger partial charge in [0.2, 0.25) is 0 Å². The molecule has 34 heavy (non-hydrogen) atoms. The molecule has 0 aliphatic rings. The summed E-state index contributed by atoms with van der Waals surface area (Å²) in [5, 5.41) is 7.46. The van der Waals surface area contributed by atoms with Gasteiger partial charge in [0.25, 0.3) is 0 Å². The van der Waals surface area contributed by atoms with Crippen LogP contribution in [0, 0.1) is 0 Å². The minimum Gasteiger partial charge on any atom is -0.389 e. The summed E-state index contributed by atoms with van der Waals surface area (Å²) in [7, 11) is 0. The summed E-state index contributed by atoms with van der Waals surface area (Å²) in [6, 6.07) is 21.4. The highest BCUT2D eigenvalue weighted by Crippen LogP contribution is 2.29. The van der Waals surface area contributed by atoms with Gasteiger partial charge >= 0.3 is 0 Å². The molecule has 2 aromatic heterocycles. The molecule has 2 heterocycles. The van der Waals surface area contributed by atoms with Crippen molar-refractivity contribution in [1.82, 2.24) is 15.3 Å². The lowest BCUT2D eigenvalue weighted by Gasteiger charge is -2.10. The summed E-state index contributed by atoms with van der Waals surface area (Å²) in [5.74, 6) is 0. The zero-order valence-corrected chi connectivity index (χ0v) is 20.4. The molecular formula is C30H34N4. The van der Waals surface area contributed by atoms with E-state index in [0.29, 0.717) is 0 Å². The maximum absolute atomic E-state index is 4.82. The minimum atomic E-state index is 0.903. The standard InChI is InChI=1S/C28H28N4.C2H6/c1-4-30-28-18-27(32-26-15-17-29-19-25(26)28)24-13-11-23(12-14-24)22-9-7-21(8-10-22)6-5-16-31-20(2)3;1-2/h4,7-15,17-19,31H,1-2,5-6,16H2,3H3,(H,30,32);1-2H3. The van der Waals surface area contributed by atoms with Crippen molar-refractivity contribution < 1.29 is 0 Å². The van der Waals surface area contributed by atoms with E-state index in [0.717, 1.165) is 52.9 Å². The zero-order valence-electron chi connectivity index (χ0n) is 20.4. The normalized spacial score (nSPS) is 10.2. The summed E-state index contributed by atoms with van der Waals surface area (Å²) in [6.07, 6.45) is 7.42. The third-order valence-electron chi connectivity index (χ3n) is 5.40. The van der Waals surface area contributed by atoms with E-state index in [1.165, 1.54) is 16.7 Å². The van der Waals surface area contributed by atoms with E-state index in [1.54, 1.807) is 12.4 Å².